The highest BCUT2D eigenvalue weighted by Gasteiger charge is 2.30. The third-order valence-corrected chi connectivity index (χ3v) is 4.92. The molecule has 0 bridgehead atoms. The minimum Gasteiger partial charge on any atom is -0.380 e. The molecule has 2 aromatic carbocycles. The molecule has 0 atom stereocenters. The van der Waals surface area contributed by atoms with Crippen molar-refractivity contribution in [1.29, 1.82) is 0 Å². The fraction of sp³-hybridized carbons (Fsp3) is 0.167. The molecule has 3 nitrogen and oxygen atoms in total. The normalized spacial score (nSPS) is 11.7. The maximum Gasteiger partial charge on any atom is 0.416 e. The van der Waals surface area contributed by atoms with E-state index >= 15 is 0 Å². The minimum atomic E-state index is -4.45. The van der Waals surface area contributed by atoms with Gasteiger partial charge in [0.2, 0.25) is 0 Å². The number of thiophene rings is 1. The molecule has 0 aliphatic rings. The number of hydrogen-bond acceptors (Lipinski definition) is 3. The molecule has 0 aliphatic carbocycles. The van der Waals surface area contributed by atoms with Crippen LogP contribution >= 0.6 is 11.3 Å². The van der Waals surface area contributed by atoms with E-state index in [4.69, 9.17) is 4.74 Å². The summed E-state index contributed by atoms with van der Waals surface area (Å²) in [5.41, 5.74) is -0.182. The molecule has 26 heavy (non-hydrogen) atoms. The maximum absolute atomic E-state index is 14.1. The van der Waals surface area contributed by atoms with Gasteiger partial charge in [0.05, 0.1) is 17.0 Å². The summed E-state index contributed by atoms with van der Waals surface area (Å²) >= 11 is 1.10. The number of nitrogens with one attached hydrogen (secondary N) is 1. The summed E-state index contributed by atoms with van der Waals surface area (Å²) in [5, 5.41) is 2.86. The summed E-state index contributed by atoms with van der Waals surface area (Å²) in [6, 6.07) is 8.65. The quantitative estimate of drug-likeness (QED) is 0.608. The summed E-state index contributed by atoms with van der Waals surface area (Å²) in [4.78, 5) is 12.8. The first kappa shape index (κ1) is 18.3. The number of methoxy groups -OCH3 is 1. The van der Waals surface area contributed by atoms with Crippen LogP contribution in [0.4, 0.5) is 23.2 Å². The van der Waals surface area contributed by atoms with Gasteiger partial charge >= 0.3 is 6.18 Å². The molecule has 0 spiro atoms. The molecule has 1 aromatic heterocycles. The molecule has 0 unspecified atom stereocenters. The van der Waals surface area contributed by atoms with Crippen LogP contribution in [0.25, 0.3) is 10.1 Å². The molecule has 0 aliphatic heterocycles. The standard InChI is InChI=1S/C18H13F4NO2S/c1-25-9-12-15-13(19)3-2-4-14(15)26-16(12)17(24)23-11-7-5-10(6-8-11)18(20,21)22/h2-8H,9H2,1H3,(H,23,24). The zero-order valence-electron chi connectivity index (χ0n) is 13.5. The van der Waals surface area contributed by atoms with E-state index in [1.54, 1.807) is 12.1 Å². The Balaban J connectivity index is 1.92. The van der Waals surface area contributed by atoms with Gasteiger partial charge in [0.15, 0.2) is 0 Å². The van der Waals surface area contributed by atoms with Crippen molar-refractivity contribution in [2.24, 2.45) is 0 Å². The molecule has 1 N–H and O–H groups in total. The van der Waals surface area contributed by atoms with Crippen LogP contribution in [0.1, 0.15) is 20.8 Å². The number of alkyl halides is 3. The second-order valence-electron chi connectivity index (χ2n) is 5.48. The third kappa shape index (κ3) is 3.56. The first-order chi connectivity index (χ1) is 12.3. The van der Waals surface area contributed by atoms with E-state index < -0.39 is 23.5 Å². The van der Waals surface area contributed by atoms with Crippen LogP contribution in [0.2, 0.25) is 0 Å². The van der Waals surface area contributed by atoms with Crippen LogP contribution in [0.15, 0.2) is 42.5 Å². The number of halogens is 4. The van der Waals surface area contributed by atoms with E-state index in [0.717, 1.165) is 23.5 Å². The molecular weight excluding hydrogens is 370 g/mol. The summed E-state index contributed by atoms with van der Waals surface area (Å²) in [6.45, 7) is 0.0384. The average molecular weight is 383 g/mol. The zero-order chi connectivity index (χ0) is 18.9. The SMILES string of the molecule is COCc1c(C(=O)Nc2ccc(C(F)(F)F)cc2)sc2cccc(F)c12. The Morgan fingerprint density at radius 3 is 2.46 bits per heavy atom. The van der Waals surface area contributed by atoms with E-state index in [9.17, 15) is 22.4 Å². The molecule has 3 aromatic rings. The fourth-order valence-electron chi connectivity index (χ4n) is 2.56. The topological polar surface area (TPSA) is 38.3 Å². The largest absolute Gasteiger partial charge is 0.416 e. The second-order valence-corrected chi connectivity index (χ2v) is 6.54. The Bertz CT molecular complexity index is 948. The number of carbonyl (C=O) groups excluding carboxylic acids is 1. The summed E-state index contributed by atoms with van der Waals surface area (Å²) in [6.07, 6.45) is -4.45. The van der Waals surface area contributed by atoms with Crippen LogP contribution in [0.3, 0.4) is 0 Å². The first-order valence-electron chi connectivity index (χ1n) is 7.48. The Kier molecular flexibility index (Phi) is 4.97. The number of anilines is 1. The smallest absolute Gasteiger partial charge is 0.380 e. The van der Waals surface area contributed by atoms with Gasteiger partial charge in [0.1, 0.15) is 5.82 Å². The van der Waals surface area contributed by atoms with Crippen molar-refractivity contribution in [2.75, 3.05) is 12.4 Å². The number of fused-ring (bicyclic) bond motifs is 1. The van der Waals surface area contributed by atoms with Gasteiger partial charge in [-0.3, -0.25) is 4.79 Å². The van der Waals surface area contributed by atoms with Crippen molar-refractivity contribution in [2.45, 2.75) is 12.8 Å². The first-order valence-corrected chi connectivity index (χ1v) is 8.30. The van der Waals surface area contributed by atoms with Gasteiger partial charge < -0.3 is 10.1 Å². The number of hydrogen-bond donors (Lipinski definition) is 1. The molecule has 1 amide bonds. The van der Waals surface area contributed by atoms with Gasteiger partial charge in [0, 0.05) is 28.4 Å². The lowest BCUT2D eigenvalue weighted by atomic mass is 10.1. The highest BCUT2D eigenvalue weighted by molar-refractivity contribution is 7.21. The number of rotatable bonds is 4. The maximum atomic E-state index is 14.1. The van der Waals surface area contributed by atoms with Crippen LogP contribution in [0.5, 0.6) is 0 Å². The van der Waals surface area contributed by atoms with Gasteiger partial charge in [-0.2, -0.15) is 13.2 Å². The van der Waals surface area contributed by atoms with Crippen molar-refractivity contribution in [3.05, 3.63) is 64.3 Å². The second kappa shape index (κ2) is 7.05. The molecule has 0 radical (unpaired) electrons. The van der Waals surface area contributed by atoms with E-state index in [1.807, 2.05) is 0 Å². The summed E-state index contributed by atoms with van der Waals surface area (Å²) in [7, 11) is 1.43. The van der Waals surface area contributed by atoms with E-state index in [1.165, 1.54) is 25.3 Å². The molecule has 136 valence electrons. The van der Waals surface area contributed by atoms with Crippen LogP contribution in [0, 0.1) is 5.82 Å². The summed E-state index contributed by atoms with van der Waals surface area (Å²) in [5.74, 6) is -0.989. The zero-order valence-corrected chi connectivity index (χ0v) is 14.3. The van der Waals surface area contributed by atoms with Crippen LogP contribution in [-0.2, 0) is 17.5 Å². The predicted octanol–water partition coefficient (Wildman–Crippen LogP) is 5.46. The van der Waals surface area contributed by atoms with Crippen molar-refractivity contribution in [3.8, 4) is 0 Å². The molecule has 0 saturated carbocycles. The third-order valence-electron chi connectivity index (χ3n) is 3.73. The molecular formula is C18H13F4NO2S. The van der Waals surface area contributed by atoms with Crippen molar-refractivity contribution >= 4 is 33.0 Å². The lowest BCUT2D eigenvalue weighted by Gasteiger charge is -2.09. The van der Waals surface area contributed by atoms with Gasteiger partial charge in [-0.15, -0.1) is 11.3 Å². The predicted molar refractivity (Wildman–Crippen MR) is 91.9 cm³/mol. The number of benzene rings is 2. The highest BCUT2D eigenvalue weighted by Crippen LogP contribution is 2.34. The Labute approximate surface area is 150 Å². The lowest BCUT2D eigenvalue weighted by Crippen LogP contribution is -2.13. The average Bonchev–Trinajstić information content (AvgIpc) is 2.95. The molecule has 0 fully saturated rings. The van der Waals surface area contributed by atoms with Crippen molar-refractivity contribution < 1.29 is 27.1 Å². The number of amides is 1. The van der Waals surface area contributed by atoms with Gasteiger partial charge in [-0.1, -0.05) is 6.07 Å². The van der Waals surface area contributed by atoms with E-state index in [-0.39, 0.29) is 17.2 Å². The van der Waals surface area contributed by atoms with Crippen molar-refractivity contribution in [3.63, 3.8) is 0 Å². The lowest BCUT2D eigenvalue weighted by molar-refractivity contribution is -0.137. The van der Waals surface area contributed by atoms with E-state index in [0.29, 0.717) is 15.6 Å². The van der Waals surface area contributed by atoms with E-state index in [2.05, 4.69) is 5.32 Å². The van der Waals surface area contributed by atoms with Crippen molar-refractivity contribution in [1.82, 2.24) is 0 Å². The highest BCUT2D eigenvalue weighted by atomic mass is 32.1. The number of ether oxygens (including phenoxy) is 1. The van der Waals surface area contributed by atoms with Gasteiger partial charge in [-0.05, 0) is 36.4 Å². The van der Waals surface area contributed by atoms with Crippen LogP contribution in [-0.4, -0.2) is 13.0 Å². The molecule has 3 rings (SSSR count). The van der Waals surface area contributed by atoms with Gasteiger partial charge in [0.25, 0.3) is 5.91 Å². The fourth-order valence-corrected chi connectivity index (χ4v) is 3.68. The monoisotopic (exact) mass is 383 g/mol. The molecule has 8 heteroatoms. The summed E-state index contributed by atoms with van der Waals surface area (Å²) < 4.78 is 57.6. The molecule has 0 saturated heterocycles. The Morgan fingerprint density at radius 2 is 1.85 bits per heavy atom. The van der Waals surface area contributed by atoms with Crippen LogP contribution < -0.4 is 5.32 Å². The number of carbonyl (C=O) groups is 1. The van der Waals surface area contributed by atoms with Gasteiger partial charge in [-0.25, -0.2) is 4.39 Å². The Hall–Kier alpha value is -2.45. The Morgan fingerprint density at radius 1 is 1.15 bits per heavy atom. The molecule has 1 heterocycles. The minimum absolute atomic E-state index is 0.0384.